The summed E-state index contributed by atoms with van der Waals surface area (Å²) in [7, 11) is 0. The van der Waals surface area contributed by atoms with Crippen molar-refractivity contribution in [3.63, 3.8) is 0 Å². The van der Waals surface area contributed by atoms with Gasteiger partial charge in [-0.25, -0.2) is 4.79 Å². The molecule has 0 spiro atoms. The average molecular weight is 288 g/mol. The first-order valence-electron chi connectivity index (χ1n) is 6.81. The monoisotopic (exact) mass is 288 g/mol. The normalized spacial score (nSPS) is 35.9. The van der Waals surface area contributed by atoms with E-state index in [4.69, 9.17) is 15.9 Å². The minimum absolute atomic E-state index is 0.0193. The maximum absolute atomic E-state index is 11.6. The van der Waals surface area contributed by atoms with Crippen molar-refractivity contribution in [3.05, 3.63) is 35.9 Å². The maximum atomic E-state index is 11.6. The molecule has 1 aliphatic carbocycles. The molecule has 1 saturated heterocycles. The first-order chi connectivity index (χ1) is 10.0. The molecule has 1 saturated carbocycles. The summed E-state index contributed by atoms with van der Waals surface area (Å²) in [5, 5.41) is 20.4. The minimum Gasteiger partial charge on any atom is -0.457 e. The second kappa shape index (κ2) is 5.15. The lowest BCUT2D eigenvalue weighted by Gasteiger charge is -2.34. The van der Waals surface area contributed by atoms with Crippen LogP contribution in [0.15, 0.2) is 30.3 Å². The highest BCUT2D eigenvalue weighted by Gasteiger charge is 2.58. The molecule has 1 heterocycles. The fourth-order valence-corrected chi connectivity index (χ4v) is 2.90. The summed E-state index contributed by atoms with van der Waals surface area (Å²) in [6, 6.07) is 9.19. The lowest BCUT2D eigenvalue weighted by atomic mass is 9.82. The van der Waals surface area contributed by atoms with Gasteiger partial charge in [0.25, 0.3) is 0 Å². The van der Waals surface area contributed by atoms with Gasteiger partial charge in [-0.15, -0.1) is 6.42 Å². The van der Waals surface area contributed by atoms with Crippen molar-refractivity contribution < 1.29 is 24.5 Å². The fourth-order valence-electron chi connectivity index (χ4n) is 2.90. The third-order valence-electron chi connectivity index (χ3n) is 4.04. The average Bonchev–Trinajstić information content (AvgIpc) is 2.75. The molecular weight excluding hydrogens is 272 g/mol. The predicted molar refractivity (Wildman–Crippen MR) is 73.0 cm³/mol. The fraction of sp³-hybridized carbons (Fsp3) is 0.438. The molecule has 5 heteroatoms. The molecule has 1 aliphatic heterocycles. The zero-order valence-electron chi connectivity index (χ0n) is 11.3. The van der Waals surface area contributed by atoms with Crippen LogP contribution in [-0.4, -0.2) is 40.1 Å². The van der Waals surface area contributed by atoms with Crippen LogP contribution in [0.2, 0.25) is 0 Å². The van der Waals surface area contributed by atoms with E-state index in [9.17, 15) is 15.0 Å². The quantitative estimate of drug-likeness (QED) is 0.628. The molecule has 5 nitrogen and oxygen atoms in total. The summed E-state index contributed by atoms with van der Waals surface area (Å²) in [6.07, 6.45) is 2.44. The molecule has 2 bridgehead atoms. The largest absolute Gasteiger partial charge is 0.457 e. The van der Waals surface area contributed by atoms with Gasteiger partial charge in [0.05, 0.1) is 6.10 Å². The van der Waals surface area contributed by atoms with Gasteiger partial charge < -0.3 is 19.7 Å². The van der Waals surface area contributed by atoms with Gasteiger partial charge >= 0.3 is 5.97 Å². The third-order valence-corrected chi connectivity index (χ3v) is 4.04. The van der Waals surface area contributed by atoms with Crippen LogP contribution in [0, 0.1) is 12.3 Å². The number of aliphatic hydroxyl groups is 2. The number of carbonyl (C=O) groups excluding carboxylic acids is 1. The molecule has 110 valence electrons. The molecule has 1 aromatic carbocycles. The summed E-state index contributed by atoms with van der Waals surface area (Å²) in [5.41, 5.74) is -0.797. The first kappa shape index (κ1) is 14.1. The van der Waals surface area contributed by atoms with E-state index in [1.165, 1.54) is 0 Å². The minimum atomic E-state index is -1.58. The Labute approximate surface area is 122 Å². The second-order valence-electron chi connectivity index (χ2n) is 5.51. The Morgan fingerprint density at radius 2 is 2.10 bits per heavy atom. The van der Waals surface area contributed by atoms with Crippen LogP contribution in [0.5, 0.6) is 0 Å². The zero-order chi connectivity index (χ0) is 15.0. The molecule has 0 aromatic heterocycles. The van der Waals surface area contributed by atoms with Crippen LogP contribution in [0.1, 0.15) is 24.5 Å². The highest BCUT2D eigenvalue weighted by molar-refractivity contribution is 5.82. The smallest absolute Gasteiger partial charge is 0.338 e. The number of esters is 1. The van der Waals surface area contributed by atoms with E-state index < -0.39 is 36.0 Å². The Balaban J connectivity index is 1.78. The van der Waals surface area contributed by atoms with Crippen LogP contribution in [0.25, 0.3) is 0 Å². The number of rotatable bonds is 3. The SMILES string of the molecule is C#CC(O[C@@H]1C[C@]2(O)C[C@@H](OC2=O)[C@@H]1O)c1ccccc1. The van der Waals surface area contributed by atoms with Gasteiger partial charge in [-0.2, -0.15) is 0 Å². The lowest BCUT2D eigenvalue weighted by Crippen LogP contribution is -2.49. The van der Waals surface area contributed by atoms with E-state index >= 15 is 0 Å². The number of ether oxygens (including phenoxy) is 2. The van der Waals surface area contributed by atoms with Crippen LogP contribution >= 0.6 is 0 Å². The van der Waals surface area contributed by atoms with Gasteiger partial charge in [0.15, 0.2) is 5.60 Å². The molecule has 2 fully saturated rings. The number of carbonyl (C=O) groups is 1. The Morgan fingerprint density at radius 1 is 1.38 bits per heavy atom. The number of hydrogen-bond donors (Lipinski definition) is 2. The highest BCUT2D eigenvalue weighted by Crippen LogP contribution is 2.40. The molecule has 0 radical (unpaired) electrons. The summed E-state index contributed by atoms with van der Waals surface area (Å²) >= 11 is 0. The van der Waals surface area contributed by atoms with Crippen LogP contribution in [-0.2, 0) is 14.3 Å². The van der Waals surface area contributed by atoms with Crippen molar-refractivity contribution in [3.8, 4) is 12.3 Å². The number of aliphatic hydroxyl groups excluding tert-OH is 1. The van der Waals surface area contributed by atoms with Gasteiger partial charge in [-0.1, -0.05) is 36.3 Å². The molecule has 2 aliphatic rings. The Bertz CT molecular complexity index is 578. The summed E-state index contributed by atoms with van der Waals surface area (Å²) in [4.78, 5) is 11.6. The van der Waals surface area contributed by atoms with Gasteiger partial charge in [0.1, 0.15) is 18.3 Å². The molecule has 2 N–H and O–H groups in total. The maximum Gasteiger partial charge on any atom is 0.338 e. The molecule has 1 unspecified atom stereocenters. The number of hydrogen-bond acceptors (Lipinski definition) is 5. The summed E-state index contributed by atoms with van der Waals surface area (Å²) < 4.78 is 10.7. The topological polar surface area (TPSA) is 76.0 Å². The van der Waals surface area contributed by atoms with Gasteiger partial charge in [0.2, 0.25) is 0 Å². The van der Waals surface area contributed by atoms with Crippen molar-refractivity contribution in [2.24, 2.45) is 0 Å². The van der Waals surface area contributed by atoms with E-state index in [-0.39, 0.29) is 12.8 Å². The van der Waals surface area contributed by atoms with Crippen molar-refractivity contribution in [2.45, 2.75) is 42.9 Å². The molecule has 0 amide bonds. The van der Waals surface area contributed by atoms with Crippen LogP contribution in [0.3, 0.4) is 0 Å². The van der Waals surface area contributed by atoms with Crippen LogP contribution < -0.4 is 0 Å². The number of fused-ring (bicyclic) bond motifs is 2. The molecule has 1 aromatic rings. The van der Waals surface area contributed by atoms with Crippen LogP contribution in [0.4, 0.5) is 0 Å². The van der Waals surface area contributed by atoms with Crippen molar-refractivity contribution in [2.75, 3.05) is 0 Å². The zero-order valence-corrected chi connectivity index (χ0v) is 11.3. The Morgan fingerprint density at radius 3 is 2.76 bits per heavy atom. The number of benzene rings is 1. The van der Waals surface area contributed by atoms with Crippen molar-refractivity contribution >= 4 is 5.97 Å². The second-order valence-corrected chi connectivity index (χ2v) is 5.51. The van der Waals surface area contributed by atoms with Gasteiger partial charge in [-0.05, 0) is 5.56 Å². The van der Waals surface area contributed by atoms with Gasteiger partial charge in [-0.3, -0.25) is 0 Å². The third kappa shape index (κ3) is 2.42. The van der Waals surface area contributed by atoms with E-state index in [1.807, 2.05) is 30.3 Å². The molecule has 5 atom stereocenters. The van der Waals surface area contributed by atoms with Crippen molar-refractivity contribution in [1.82, 2.24) is 0 Å². The lowest BCUT2D eigenvalue weighted by molar-refractivity contribution is -0.154. The van der Waals surface area contributed by atoms with Gasteiger partial charge in [0, 0.05) is 12.8 Å². The van der Waals surface area contributed by atoms with E-state index in [0.29, 0.717) is 0 Å². The summed E-state index contributed by atoms with van der Waals surface area (Å²) in [5.74, 6) is 1.82. The molecular formula is C16H16O5. The summed E-state index contributed by atoms with van der Waals surface area (Å²) in [6.45, 7) is 0. The Kier molecular flexibility index (Phi) is 3.46. The molecule has 3 rings (SSSR count). The van der Waals surface area contributed by atoms with E-state index in [2.05, 4.69) is 5.92 Å². The first-order valence-corrected chi connectivity index (χ1v) is 6.81. The van der Waals surface area contributed by atoms with E-state index in [1.54, 1.807) is 0 Å². The number of terminal acetylenes is 1. The van der Waals surface area contributed by atoms with Crippen molar-refractivity contribution in [1.29, 1.82) is 0 Å². The molecule has 21 heavy (non-hydrogen) atoms. The predicted octanol–water partition coefficient (Wildman–Crippen LogP) is 0.557. The van der Waals surface area contributed by atoms with E-state index in [0.717, 1.165) is 5.56 Å². The highest BCUT2D eigenvalue weighted by atomic mass is 16.6. The Hall–Kier alpha value is -1.87. The standard InChI is InChI=1S/C16H16O5/c1-2-11(10-6-4-3-5-7-10)20-12-8-16(19)9-13(14(12)17)21-15(16)18/h1,3-7,11-14,17,19H,8-9H2/t11?,12-,13-,14-,16+/m1/s1.